The first-order valence-corrected chi connectivity index (χ1v) is 8.72. The van der Waals surface area contributed by atoms with Gasteiger partial charge < -0.3 is 19.8 Å². The lowest BCUT2D eigenvalue weighted by Gasteiger charge is -2.31. The van der Waals surface area contributed by atoms with E-state index in [1.54, 1.807) is 0 Å². The van der Waals surface area contributed by atoms with E-state index in [0.29, 0.717) is 19.0 Å². The number of hydrogen-bond acceptors (Lipinski definition) is 4. The van der Waals surface area contributed by atoms with Crippen molar-refractivity contribution in [1.82, 2.24) is 10.6 Å². The van der Waals surface area contributed by atoms with Crippen LogP contribution in [0.2, 0.25) is 0 Å². The maximum atomic E-state index is 11.8. The number of ether oxygens (including phenoxy) is 1. The molecule has 22 heavy (non-hydrogen) atoms. The van der Waals surface area contributed by atoms with Crippen LogP contribution in [0, 0.1) is 9.68 Å². The zero-order valence-electron chi connectivity index (χ0n) is 13.7. The van der Waals surface area contributed by atoms with Gasteiger partial charge in [-0.2, -0.15) is 0 Å². The molecular formula is C16H25IN2O3. The lowest BCUT2D eigenvalue weighted by Crippen LogP contribution is -2.53. The number of amides is 1. The zero-order chi connectivity index (χ0) is 16.4. The molecule has 1 aromatic rings. The third kappa shape index (κ3) is 5.46. The molecule has 2 rings (SSSR count). The fourth-order valence-corrected chi connectivity index (χ4v) is 2.84. The van der Waals surface area contributed by atoms with E-state index in [2.05, 4.69) is 40.1 Å². The number of carbonyl (C=O) groups is 1. The van der Waals surface area contributed by atoms with Crippen molar-refractivity contribution in [2.75, 3.05) is 6.54 Å². The van der Waals surface area contributed by atoms with Gasteiger partial charge in [0.15, 0.2) is 3.77 Å². The van der Waals surface area contributed by atoms with E-state index < -0.39 is 5.60 Å². The van der Waals surface area contributed by atoms with E-state index in [-0.39, 0.29) is 11.6 Å². The number of halogens is 1. The van der Waals surface area contributed by atoms with Gasteiger partial charge in [-0.25, -0.2) is 4.79 Å². The highest BCUT2D eigenvalue weighted by Gasteiger charge is 2.41. The standard InChI is InChI=1S/C16H25IN2O3/c1-15(2,3)22-14(20)18-10-16(4,11-5-6-11)19-9-12-7-8-13(17)21-12/h7-8,11,19H,5-6,9-10H2,1-4H3,(H,18,20). The number of rotatable bonds is 6. The minimum Gasteiger partial charge on any atom is -0.454 e. The predicted molar refractivity (Wildman–Crippen MR) is 93.6 cm³/mol. The molecule has 1 aliphatic carbocycles. The van der Waals surface area contributed by atoms with Crippen molar-refractivity contribution >= 4 is 28.7 Å². The van der Waals surface area contributed by atoms with Crippen molar-refractivity contribution in [2.45, 2.75) is 58.2 Å². The van der Waals surface area contributed by atoms with Gasteiger partial charge in [0.25, 0.3) is 0 Å². The molecule has 0 spiro atoms. The SMILES string of the molecule is CC(C)(C)OC(=O)NCC(C)(NCc1ccc(I)o1)C1CC1. The topological polar surface area (TPSA) is 63.5 Å². The average Bonchev–Trinajstić information content (AvgIpc) is 3.16. The van der Waals surface area contributed by atoms with Crippen LogP contribution in [0.15, 0.2) is 16.5 Å². The van der Waals surface area contributed by atoms with E-state index in [1.807, 2.05) is 32.9 Å². The number of furan rings is 1. The van der Waals surface area contributed by atoms with Gasteiger partial charge in [0.2, 0.25) is 0 Å². The Labute approximate surface area is 145 Å². The van der Waals surface area contributed by atoms with Crippen molar-refractivity contribution in [3.8, 4) is 0 Å². The Morgan fingerprint density at radius 3 is 2.55 bits per heavy atom. The first-order valence-electron chi connectivity index (χ1n) is 7.64. The lowest BCUT2D eigenvalue weighted by molar-refractivity contribution is 0.0507. The van der Waals surface area contributed by atoms with Gasteiger partial charge in [-0.3, -0.25) is 0 Å². The second-order valence-electron chi connectivity index (χ2n) is 7.11. The molecular weight excluding hydrogens is 395 g/mol. The van der Waals surface area contributed by atoms with E-state index in [9.17, 15) is 4.79 Å². The van der Waals surface area contributed by atoms with Crippen LogP contribution < -0.4 is 10.6 Å². The Hall–Kier alpha value is -0.760. The summed E-state index contributed by atoms with van der Waals surface area (Å²) in [5, 5.41) is 6.43. The van der Waals surface area contributed by atoms with Crippen molar-refractivity contribution in [3.05, 3.63) is 21.7 Å². The molecule has 0 bridgehead atoms. The number of nitrogens with one attached hydrogen (secondary N) is 2. The van der Waals surface area contributed by atoms with Gasteiger partial charge in [-0.15, -0.1) is 0 Å². The summed E-state index contributed by atoms with van der Waals surface area (Å²) < 4.78 is 11.8. The number of alkyl carbamates (subject to hydrolysis) is 1. The summed E-state index contributed by atoms with van der Waals surface area (Å²) in [7, 11) is 0. The monoisotopic (exact) mass is 420 g/mol. The van der Waals surface area contributed by atoms with Gasteiger partial charge in [-0.1, -0.05) is 0 Å². The largest absolute Gasteiger partial charge is 0.454 e. The summed E-state index contributed by atoms with van der Waals surface area (Å²) in [6, 6.07) is 3.92. The maximum Gasteiger partial charge on any atom is 0.407 e. The van der Waals surface area contributed by atoms with Crippen LogP contribution in [0.3, 0.4) is 0 Å². The third-order valence-corrected chi connectivity index (χ3v) is 4.35. The average molecular weight is 420 g/mol. The summed E-state index contributed by atoms with van der Waals surface area (Å²) in [4.78, 5) is 11.8. The summed E-state index contributed by atoms with van der Waals surface area (Å²) in [5.41, 5.74) is -0.618. The van der Waals surface area contributed by atoms with Crippen molar-refractivity contribution in [3.63, 3.8) is 0 Å². The lowest BCUT2D eigenvalue weighted by atomic mass is 9.95. The van der Waals surface area contributed by atoms with Crippen LogP contribution in [0.25, 0.3) is 0 Å². The van der Waals surface area contributed by atoms with E-state index in [0.717, 1.165) is 9.53 Å². The summed E-state index contributed by atoms with van der Waals surface area (Å²) in [6.45, 7) is 8.95. The Bertz CT molecular complexity index is 520. The Kier molecular flexibility index (Phi) is 5.42. The fourth-order valence-electron chi connectivity index (χ4n) is 2.38. The minimum absolute atomic E-state index is 0.144. The van der Waals surface area contributed by atoms with E-state index in [4.69, 9.17) is 9.15 Å². The zero-order valence-corrected chi connectivity index (χ0v) is 15.8. The molecule has 124 valence electrons. The molecule has 6 heteroatoms. The molecule has 5 nitrogen and oxygen atoms in total. The van der Waals surface area contributed by atoms with Crippen molar-refractivity contribution in [2.24, 2.45) is 5.92 Å². The molecule has 1 aromatic heterocycles. The van der Waals surface area contributed by atoms with Crippen LogP contribution in [0.1, 0.15) is 46.3 Å². The summed E-state index contributed by atoms with van der Waals surface area (Å²) >= 11 is 2.16. The van der Waals surface area contributed by atoms with Gasteiger partial charge >= 0.3 is 6.09 Å². The van der Waals surface area contributed by atoms with Crippen LogP contribution in [-0.2, 0) is 11.3 Å². The maximum absolute atomic E-state index is 11.8. The molecule has 0 saturated heterocycles. The van der Waals surface area contributed by atoms with Crippen LogP contribution in [-0.4, -0.2) is 23.8 Å². The molecule has 1 aliphatic rings. The fraction of sp³-hybridized carbons (Fsp3) is 0.688. The smallest absolute Gasteiger partial charge is 0.407 e. The molecule has 1 unspecified atom stereocenters. The Balaban J connectivity index is 1.86. The number of hydrogen-bond donors (Lipinski definition) is 2. The first-order chi connectivity index (χ1) is 10.2. The molecule has 0 aliphatic heterocycles. The molecule has 1 amide bonds. The second kappa shape index (κ2) is 6.78. The highest BCUT2D eigenvalue weighted by molar-refractivity contribution is 14.1. The van der Waals surface area contributed by atoms with Gasteiger partial charge in [0.1, 0.15) is 11.4 Å². The van der Waals surface area contributed by atoms with Crippen molar-refractivity contribution < 1.29 is 13.9 Å². The molecule has 0 aromatic carbocycles. The molecule has 1 fully saturated rings. The molecule has 1 saturated carbocycles. The highest BCUT2D eigenvalue weighted by Crippen LogP contribution is 2.39. The Morgan fingerprint density at radius 1 is 1.36 bits per heavy atom. The molecule has 0 radical (unpaired) electrons. The minimum atomic E-state index is -0.474. The molecule has 1 atom stereocenters. The van der Waals surface area contributed by atoms with Crippen LogP contribution >= 0.6 is 22.6 Å². The van der Waals surface area contributed by atoms with Crippen LogP contribution in [0.4, 0.5) is 4.79 Å². The first kappa shape index (κ1) is 17.6. The van der Waals surface area contributed by atoms with Crippen molar-refractivity contribution in [1.29, 1.82) is 0 Å². The number of carbonyl (C=O) groups excluding carboxylic acids is 1. The third-order valence-electron chi connectivity index (χ3n) is 3.77. The van der Waals surface area contributed by atoms with E-state index >= 15 is 0 Å². The Morgan fingerprint density at radius 2 is 2.05 bits per heavy atom. The highest BCUT2D eigenvalue weighted by atomic mass is 127. The van der Waals surface area contributed by atoms with Crippen LogP contribution in [0.5, 0.6) is 0 Å². The molecule has 1 heterocycles. The van der Waals surface area contributed by atoms with Gasteiger partial charge in [0.05, 0.1) is 6.54 Å². The second-order valence-corrected chi connectivity index (χ2v) is 8.17. The molecule has 2 N–H and O–H groups in total. The normalized spacial score (nSPS) is 17.9. The quantitative estimate of drug-likeness (QED) is 0.690. The summed E-state index contributed by atoms with van der Waals surface area (Å²) in [6.07, 6.45) is 2.01. The van der Waals surface area contributed by atoms with Gasteiger partial charge in [0, 0.05) is 12.1 Å². The van der Waals surface area contributed by atoms with Gasteiger partial charge in [-0.05, 0) is 81.2 Å². The summed E-state index contributed by atoms with van der Waals surface area (Å²) in [5.74, 6) is 1.49. The predicted octanol–water partition coefficient (Wildman–Crippen LogP) is 3.67. The van der Waals surface area contributed by atoms with E-state index in [1.165, 1.54) is 12.8 Å².